The molecule has 7 nitrogen and oxygen atoms in total. The lowest BCUT2D eigenvalue weighted by Crippen LogP contribution is -2.34. The Morgan fingerprint density at radius 1 is 1.44 bits per heavy atom. The van der Waals surface area contributed by atoms with Gasteiger partial charge in [0.25, 0.3) is 0 Å². The van der Waals surface area contributed by atoms with Gasteiger partial charge in [0.1, 0.15) is 5.82 Å². The minimum atomic E-state index is 0.0896. The van der Waals surface area contributed by atoms with Gasteiger partial charge in [0.15, 0.2) is 5.65 Å². The molecule has 0 aliphatic heterocycles. The second kappa shape index (κ2) is 4.40. The number of tetrazole rings is 1. The van der Waals surface area contributed by atoms with Crippen molar-refractivity contribution < 1.29 is 0 Å². The van der Waals surface area contributed by atoms with Gasteiger partial charge in [-0.2, -0.15) is 4.52 Å². The normalized spacial score (nSPS) is 13.2. The van der Waals surface area contributed by atoms with Gasteiger partial charge in [-0.15, -0.1) is 5.10 Å². The van der Waals surface area contributed by atoms with Crippen LogP contribution in [0.25, 0.3) is 5.65 Å². The zero-order valence-electron chi connectivity index (χ0n) is 9.33. The molecule has 16 heavy (non-hydrogen) atoms. The molecular weight excluding hydrogens is 206 g/mol. The van der Waals surface area contributed by atoms with Gasteiger partial charge in [-0.05, 0) is 16.3 Å². The number of fused-ring (bicyclic) bond motifs is 1. The number of hydrogen-bond donors (Lipinski definition) is 2. The van der Waals surface area contributed by atoms with E-state index < -0.39 is 0 Å². The van der Waals surface area contributed by atoms with Gasteiger partial charge in [-0.3, -0.25) is 4.98 Å². The molecule has 86 valence electrons. The highest BCUT2D eigenvalue weighted by molar-refractivity contribution is 5.43. The maximum atomic E-state index is 5.94. The smallest absolute Gasteiger partial charge is 0.199 e. The van der Waals surface area contributed by atoms with Crippen LogP contribution in [0.4, 0.5) is 5.82 Å². The molecular formula is C9H15N7. The Hall–Kier alpha value is -1.76. The summed E-state index contributed by atoms with van der Waals surface area (Å²) in [6.45, 7) is 4.84. The van der Waals surface area contributed by atoms with E-state index in [0.717, 1.165) is 5.82 Å². The molecule has 0 saturated heterocycles. The van der Waals surface area contributed by atoms with E-state index in [9.17, 15) is 0 Å². The molecule has 3 N–H and O–H groups in total. The van der Waals surface area contributed by atoms with Crippen LogP contribution in [0, 0.1) is 5.92 Å². The van der Waals surface area contributed by atoms with Crippen molar-refractivity contribution >= 4 is 11.5 Å². The van der Waals surface area contributed by atoms with E-state index in [0.29, 0.717) is 18.1 Å². The zero-order chi connectivity index (χ0) is 11.5. The van der Waals surface area contributed by atoms with Crippen molar-refractivity contribution in [3.63, 3.8) is 0 Å². The molecule has 0 aliphatic carbocycles. The van der Waals surface area contributed by atoms with Gasteiger partial charge in [0.05, 0.1) is 12.4 Å². The van der Waals surface area contributed by atoms with Crippen LogP contribution in [0.15, 0.2) is 12.4 Å². The van der Waals surface area contributed by atoms with Gasteiger partial charge in [-0.1, -0.05) is 13.8 Å². The van der Waals surface area contributed by atoms with E-state index in [1.54, 1.807) is 16.9 Å². The van der Waals surface area contributed by atoms with Gasteiger partial charge in [0, 0.05) is 12.6 Å². The molecule has 0 spiro atoms. The van der Waals surface area contributed by atoms with E-state index in [1.807, 2.05) is 0 Å². The van der Waals surface area contributed by atoms with Gasteiger partial charge in [-0.25, -0.2) is 0 Å². The van der Waals surface area contributed by atoms with Gasteiger partial charge < -0.3 is 11.1 Å². The Labute approximate surface area is 93.0 Å². The minimum Gasteiger partial charge on any atom is -0.367 e. The molecule has 0 saturated carbocycles. The third kappa shape index (κ3) is 2.08. The van der Waals surface area contributed by atoms with Gasteiger partial charge >= 0.3 is 0 Å². The van der Waals surface area contributed by atoms with Crippen molar-refractivity contribution in [2.75, 3.05) is 11.9 Å². The van der Waals surface area contributed by atoms with Crippen LogP contribution in [-0.2, 0) is 0 Å². The van der Waals surface area contributed by atoms with Gasteiger partial charge in [0.2, 0.25) is 0 Å². The van der Waals surface area contributed by atoms with Crippen LogP contribution in [0.3, 0.4) is 0 Å². The number of rotatable bonds is 4. The monoisotopic (exact) mass is 221 g/mol. The Morgan fingerprint density at radius 3 is 3.00 bits per heavy atom. The highest BCUT2D eigenvalue weighted by Gasteiger charge is 2.09. The second-order valence-electron chi connectivity index (χ2n) is 4.03. The van der Waals surface area contributed by atoms with Crippen molar-refractivity contribution in [2.45, 2.75) is 19.9 Å². The molecule has 2 aromatic heterocycles. The average Bonchev–Trinajstić information content (AvgIpc) is 2.73. The molecule has 0 fully saturated rings. The van der Waals surface area contributed by atoms with Crippen LogP contribution in [-0.4, -0.2) is 37.6 Å². The van der Waals surface area contributed by atoms with Crippen molar-refractivity contribution in [2.24, 2.45) is 11.7 Å². The summed E-state index contributed by atoms with van der Waals surface area (Å²) < 4.78 is 1.60. The summed E-state index contributed by atoms with van der Waals surface area (Å²) in [4.78, 5) is 4.04. The van der Waals surface area contributed by atoms with Crippen molar-refractivity contribution in [1.82, 2.24) is 25.0 Å². The Bertz CT molecular complexity index is 464. The molecule has 0 bridgehead atoms. The van der Waals surface area contributed by atoms with Crippen molar-refractivity contribution in [3.8, 4) is 0 Å². The molecule has 1 unspecified atom stereocenters. The lowest BCUT2D eigenvalue weighted by Gasteiger charge is -2.16. The summed E-state index contributed by atoms with van der Waals surface area (Å²) >= 11 is 0. The van der Waals surface area contributed by atoms with E-state index in [-0.39, 0.29) is 6.04 Å². The third-order valence-corrected chi connectivity index (χ3v) is 2.48. The van der Waals surface area contributed by atoms with E-state index in [1.165, 1.54) is 0 Å². The number of nitrogens with zero attached hydrogens (tertiary/aromatic N) is 5. The number of anilines is 1. The van der Waals surface area contributed by atoms with E-state index >= 15 is 0 Å². The molecule has 7 heteroatoms. The Kier molecular flexibility index (Phi) is 2.95. The lowest BCUT2D eigenvalue weighted by atomic mass is 10.1. The number of hydrogen-bond acceptors (Lipinski definition) is 6. The summed E-state index contributed by atoms with van der Waals surface area (Å²) in [5.74, 6) is 1.17. The predicted molar refractivity (Wildman–Crippen MR) is 59.9 cm³/mol. The zero-order valence-corrected chi connectivity index (χ0v) is 9.33. The SMILES string of the molecule is CC(C)C(N)CNc1cncc2nnnn12. The molecule has 0 radical (unpaired) electrons. The Balaban J connectivity index is 2.12. The maximum Gasteiger partial charge on any atom is 0.199 e. The molecule has 0 aliphatic rings. The molecule has 1 atom stereocenters. The highest BCUT2D eigenvalue weighted by Crippen LogP contribution is 2.06. The quantitative estimate of drug-likeness (QED) is 0.749. The number of aromatic nitrogens is 5. The summed E-state index contributed by atoms with van der Waals surface area (Å²) in [5.41, 5.74) is 6.55. The summed E-state index contributed by atoms with van der Waals surface area (Å²) in [5, 5.41) is 14.4. The largest absolute Gasteiger partial charge is 0.367 e. The van der Waals surface area contributed by atoms with E-state index in [2.05, 4.69) is 39.7 Å². The molecule has 2 rings (SSSR count). The third-order valence-electron chi connectivity index (χ3n) is 2.48. The molecule has 0 aromatic carbocycles. The minimum absolute atomic E-state index is 0.0896. The molecule has 2 heterocycles. The summed E-state index contributed by atoms with van der Waals surface area (Å²) in [6, 6.07) is 0.0896. The topological polar surface area (TPSA) is 94.0 Å². The first-order valence-corrected chi connectivity index (χ1v) is 5.20. The fraction of sp³-hybridized carbons (Fsp3) is 0.556. The first-order chi connectivity index (χ1) is 7.68. The summed E-state index contributed by atoms with van der Waals surface area (Å²) in [7, 11) is 0. The summed E-state index contributed by atoms with van der Waals surface area (Å²) in [6.07, 6.45) is 3.28. The first kappa shape index (κ1) is 10.7. The standard InChI is InChI=1S/C9H15N7/c1-6(2)7(10)3-12-8-4-11-5-9-13-14-15-16(8)9/h4-7,12H,3,10H2,1-2H3. The van der Waals surface area contributed by atoms with Crippen LogP contribution < -0.4 is 11.1 Å². The van der Waals surface area contributed by atoms with Crippen LogP contribution in [0.2, 0.25) is 0 Å². The predicted octanol–water partition coefficient (Wildman–Crippen LogP) is -0.0855. The van der Waals surface area contributed by atoms with Crippen molar-refractivity contribution in [3.05, 3.63) is 12.4 Å². The molecule has 2 aromatic rings. The van der Waals surface area contributed by atoms with Crippen molar-refractivity contribution in [1.29, 1.82) is 0 Å². The maximum absolute atomic E-state index is 5.94. The number of nitrogens with two attached hydrogens (primary N) is 1. The lowest BCUT2D eigenvalue weighted by molar-refractivity contribution is 0.510. The Morgan fingerprint density at radius 2 is 2.25 bits per heavy atom. The number of nitrogens with one attached hydrogen (secondary N) is 1. The second-order valence-corrected chi connectivity index (χ2v) is 4.03. The molecule has 0 amide bonds. The van der Waals surface area contributed by atoms with Crippen LogP contribution in [0.5, 0.6) is 0 Å². The fourth-order valence-corrected chi connectivity index (χ4v) is 1.25. The average molecular weight is 221 g/mol. The van der Waals surface area contributed by atoms with Crippen LogP contribution >= 0.6 is 0 Å². The van der Waals surface area contributed by atoms with E-state index in [4.69, 9.17) is 5.73 Å². The fourth-order valence-electron chi connectivity index (χ4n) is 1.25. The first-order valence-electron chi connectivity index (χ1n) is 5.20. The highest BCUT2D eigenvalue weighted by atomic mass is 15.5. The van der Waals surface area contributed by atoms with Crippen LogP contribution in [0.1, 0.15) is 13.8 Å².